The molecule has 36 heavy (non-hydrogen) atoms. The van der Waals surface area contributed by atoms with Crippen molar-refractivity contribution in [2.45, 2.75) is 82.1 Å². The largest absolute Gasteiger partial charge is 0.479 e. The molecule has 2 aliphatic carbocycles. The van der Waals surface area contributed by atoms with Crippen molar-refractivity contribution in [3.05, 3.63) is 83.5 Å². The molecule has 3 N–H and O–H groups in total. The summed E-state index contributed by atoms with van der Waals surface area (Å²) in [6.07, 6.45) is 12.3. The van der Waals surface area contributed by atoms with E-state index in [-0.39, 0.29) is 16.7 Å². The second kappa shape index (κ2) is 10.4. The minimum Gasteiger partial charge on any atom is -0.479 e. The molecule has 0 fully saturated rings. The molecule has 4 nitrogen and oxygen atoms in total. The maximum absolute atomic E-state index is 12.0. The van der Waals surface area contributed by atoms with Crippen LogP contribution in [-0.2, 0) is 20.4 Å². The van der Waals surface area contributed by atoms with Crippen LogP contribution in [0, 0.1) is 0 Å². The topological polar surface area (TPSA) is 72.5 Å². The molecule has 0 radical (unpaired) electrons. The summed E-state index contributed by atoms with van der Waals surface area (Å²) in [5, 5.41) is 9.87. The van der Waals surface area contributed by atoms with Crippen molar-refractivity contribution in [1.82, 2.24) is 0 Å². The number of hydrogen-bond acceptors (Lipinski definition) is 3. The first kappa shape index (κ1) is 26.4. The molecule has 4 heteroatoms. The van der Waals surface area contributed by atoms with Crippen molar-refractivity contribution in [3.63, 3.8) is 0 Å². The van der Waals surface area contributed by atoms with E-state index in [1.807, 2.05) is 12.2 Å². The van der Waals surface area contributed by atoms with Crippen molar-refractivity contribution >= 4 is 5.97 Å². The highest BCUT2D eigenvalue weighted by Gasteiger charge is 2.38. The first-order valence-corrected chi connectivity index (χ1v) is 13.3. The lowest BCUT2D eigenvalue weighted by Crippen LogP contribution is -2.39. The Kier molecular flexibility index (Phi) is 7.59. The maximum Gasteiger partial charge on any atom is 0.344 e. The van der Waals surface area contributed by atoms with Crippen LogP contribution >= 0.6 is 0 Å². The van der Waals surface area contributed by atoms with Gasteiger partial charge in [0, 0.05) is 12.5 Å². The van der Waals surface area contributed by atoms with Gasteiger partial charge in [-0.25, -0.2) is 4.79 Å². The van der Waals surface area contributed by atoms with Gasteiger partial charge in [0.05, 0.1) is 0 Å². The molecule has 0 saturated carbocycles. The predicted octanol–water partition coefficient (Wildman–Crippen LogP) is 6.88. The number of carboxylic acid groups (broad SMARTS) is 1. The zero-order chi connectivity index (χ0) is 26.0. The number of carboxylic acids is 1. The van der Waals surface area contributed by atoms with Gasteiger partial charge in [-0.05, 0) is 89.4 Å². The number of fused-ring (bicyclic) bond motifs is 1. The minimum absolute atomic E-state index is 0.00580. The molecule has 0 bridgehead atoms. The molecule has 2 aromatic carbocycles. The van der Waals surface area contributed by atoms with Crippen LogP contribution in [0.15, 0.2) is 66.8 Å². The number of rotatable bonds is 9. The molecule has 0 heterocycles. The van der Waals surface area contributed by atoms with Crippen molar-refractivity contribution in [2.75, 3.05) is 13.2 Å². The van der Waals surface area contributed by atoms with Crippen molar-refractivity contribution in [1.29, 1.82) is 0 Å². The Morgan fingerprint density at radius 3 is 2.25 bits per heavy atom. The third kappa shape index (κ3) is 5.35. The molecule has 0 atom stereocenters. The second-order valence-electron chi connectivity index (χ2n) is 11.7. The number of hydrogen-bond donors (Lipinski definition) is 2. The summed E-state index contributed by atoms with van der Waals surface area (Å²) < 4.78 is 5.83. The number of aliphatic carboxylic acids is 1. The fourth-order valence-electron chi connectivity index (χ4n) is 5.49. The molecule has 0 aliphatic heterocycles. The second-order valence-corrected chi connectivity index (χ2v) is 11.7. The monoisotopic (exact) mass is 487 g/mol. The Bertz CT molecular complexity index is 1140. The molecule has 2 aliphatic rings. The number of carbonyl (C=O) groups is 1. The van der Waals surface area contributed by atoms with Crippen LogP contribution in [0.25, 0.3) is 11.1 Å². The van der Waals surface area contributed by atoms with Gasteiger partial charge < -0.3 is 15.6 Å². The number of allylic oxidation sites excluding steroid dienone is 2. The van der Waals surface area contributed by atoms with Gasteiger partial charge in [0.1, 0.15) is 0 Å². The Hall–Kier alpha value is -2.69. The van der Waals surface area contributed by atoms with Crippen LogP contribution in [0.5, 0.6) is 0 Å². The van der Waals surface area contributed by atoms with Gasteiger partial charge in [0.25, 0.3) is 0 Å². The summed E-state index contributed by atoms with van der Waals surface area (Å²) in [6.45, 7) is 10.5. The molecule has 4 rings (SSSR count). The van der Waals surface area contributed by atoms with Crippen LogP contribution in [0.2, 0.25) is 0 Å². The third-order valence-electron chi connectivity index (χ3n) is 8.08. The average Bonchev–Trinajstić information content (AvgIpc) is 2.87. The zero-order valence-electron chi connectivity index (χ0n) is 22.2. The van der Waals surface area contributed by atoms with Gasteiger partial charge in [0.15, 0.2) is 0 Å². The molecular formula is C32H41NO3. The SMILES string of the molecule is CC1(C)CCC(C)(C)c2cc(-c3cccc(C4C=CC(OCCCCCN)(C(=O)O)C=C4)c3)ccc21. The van der Waals surface area contributed by atoms with Crippen molar-refractivity contribution in [2.24, 2.45) is 5.73 Å². The standard InChI is InChI=1S/C32H41NO3/c1-30(2)17-18-31(3,4)28-22-26(11-12-27(28)30)25-10-8-9-24(21-25)23-13-15-32(16-14-23,29(34)35)36-20-7-5-6-19-33/h8-16,21-23H,5-7,17-20,33H2,1-4H3,(H,34,35). The molecule has 0 unspecified atom stereocenters. The fourth-order valence-corrected chi connectivity index (χ4v) is 5.49. The van der Waals surface area contributed by atoms with E-state index >= 15 is 0 Å². The summed E-state index contributed by atoms with van der Waals surface area (Å²) in [5.74, 6) is -0.980. The Morgan fingerprint density at radius 2 is 1.58 bits per heavy atom. The molecule has 192 valence electrons. The summed E-state index contributed by atoms with van der Waals surface area (Å²) in [7, 11) is 0. The molecular weight excluding hydrogens is 446 g/mol. The lowest BCUT2D eigenvalue weighted by atomic mass is 9.63. The predicted molar refractivity (Wildman–Crippen MR) is 147 cm³/mol. The van der Waals surface area contributed by atoms with Crippen molar-refractivity contribution < 1.29 is 14.6 Å². The Balaban J connectivity index is 1.55. The number of benzene rings is 2. The van der Waals surface area contributed by atoms with Crippen LogP contribution in [-0.4, -0.2) is 29.8 Å². The average molecular weight is 488 g/mol. The Labute approximate surface area is 216 Å². The van der Waals surface area contributed by atoms with E-state index in [2.05, 4.69) is 70.2 Å². The number of ether oxygens (including phenoxy) is 1. The van der Waals surface area contributed by atoms with Crippen LogP contribution in [0.1, 0.15) is 82.4 Å². The summed E-state index contributed by atoms with van der Waals surface area (Å²) in [6, 6.07) is 15.5. The highest BCUT2D eigenvalue weighted by molar-refractivity contribution is 5.83. The van der Waals surface area contributed by atoms with Crippen LogP contribution < -0.4 is 5.73 Å². The van der Waals surface area contributed by atoms with Gasteiger partial charge in [-0.15, -0.1) is 0 Å². The van der Waals surface area contributed by atoms with E-state index in [9.17, 15) is 9.90 Å². The molecule has 0 spiro atoms. The summed E-state index contributed by atoms with van der Waals surface area (Å²) in [5.41, 5.74) is 11.0. The highest BCUT2D eigenvalue weighted by atomic mass is 16.5. The fraction of sp³-hybridized carbons (Fsp3) is 0.469. The van der Waals surface area contributed by atoms with Crippen molar-refractivity contribution in [3.8, 4) is 11.1 Å². The van der Waals surface area contributed by atoms with E-state index in [1.54, 1.807) is 12.2 Å². The quantitative estimate of drug-likeness (QED) is 0.299. The van der Waals surface area contributed by atoms with Gasteiger partial charge in [0.2, 0.25) is 5.60 Å². The maximum atomic E-state index is 12.0. The van der Waals surface area contributed by atoms with E-state index in [1.165, 1.54) is 35.1 Å². The van der Waals surface area contributed by atoms with Crippen LogP contribution in [0.3, 0.4) is 0 Å². The highest BCUT2D eigenvalue weighted by Crippen LogP contribution is 2.47. The number of nitrogens with two attached hydrogens (primary N) is 1. The molecule has 0 amide bonds. The van der Waals surface area contributed by atoms with E-state index < -0.39 is 11.6 Å². The summed E-state index contributed by atoms with van der Waals surface area (Å²) in [4.78, 5) is 12.0. The molecule has 0 saturated heterocycles. The lowest BCUT2D eigenvalue weighted by molar-refractivity contribution is -0.154. The summed E-state index contributed by atoms with van der Waals surface area (Å²) >= 11 is 0. The zero-order valence-corrected chi connectivity index (χ0v) is 22.2. The lowest BCUT2D eigenvalue weighted by Gasteiger charge is -2.42. The van der Waals surface area contributed by atoms with Gasteiger partial charge >= 0.3 is 5.97 Å². The van der Waals surface area contributed by atoms with Gasteiger partial charge in [-0.3, -0.25) is 0 Å². The molecule has 2 aromatic rings. The van der Waals surface area contributed by atoms with Crippen LogP contribution in [0.4, 0.5) is 0 Å². The van der Waals surface area contributed by atoms with Gasteiger partial charge in [-0.1, -0.05) is 82.3 Å². The normalized spacial score (nSPS) is 23.9. The smallest absolute Gasteiger partial charge is 0.344 e. The van der Waals surface area contributed by atoms with E-state index in [0.717, 1.165) is 24.8 Å². The van der Waals surface area contributed by atoms with E-state index in [0.29, 0.717) is 13.2 Å². The minimum atomic E-state index is -1.40. The Morgan fingerprint density at radius 1 is 0.917 bits per heavy atom. The molecule has 0 aromatic heterocycles. The third-order valence-corrected chi connectivity index (χ3v) is 8.08. The van der Waals surface area contributed by atoms with Gasteiger partial charge in [-0.2, -0.15) is 0 Å². The first-order valence-electron chi connectivity index (χ1n) is 13.3. The van der Waals surface area contributed by atoms with E-state index in [4.69, 9.17) is 10.5 Å². The first-order chi connectivity index (χ1) is 17.1. The number of unbranched alkanes of at least 4 members (excludes halogenated alkanes) is 2.